The van der Waals surface area contributed by atoms with Crippen LogP contribution in [0.3, 0.4) is 0 Å². The summed E-state index contributed by atoms with van der Waals surface area (Å²) < 4.78 is 0.948. The lowest BCUT2D eigenvalue weighted by Gasteiger charge is -2.11. The summed E-state index contributed by atoms with van der Waals surface area (Å²) in [4.78, 5) is 12.6. The van der Waals surface area contributed by atoms with Gasteiger partial charge >= 0.3 is 0 Å². The number of hydrazone groups is 1. The molecule has 3 rings (SSSR count). The molecule has 2 aromatic rings. The number of aromatic hydroxyl groups is 1. The normalized spacial score (nSPS) is 16.3. The quantitative estimate of drug-likeness (QED) is 0.828. The molecule has 4 nitrogen and oxygen atoms in total. The number of halogens is 1. The number of hydrogen-bond donors (Lipinski definition) is 1. The Hall–Kier alpha value is -2.40. The summed E-state index contributed by atoms with van der Waals surface area (Å²) in [7, 11) is 0. The molecule has 1 amide bonds. The maximum Gasteiger partial charge on any atom is 0.280 e. The maximum absolute atomic E-state index is 12.6. The van der Waals surface area contributed by atoms with Crippen molar-refractivity contribution in [3.8, 4) is 5.75 Å². The molecular formula is C17H13BrN2O2. The highest BCUT2D eigenvalue weighted by molar-refractivity contribution is 9.10. The average molecular weight is 357 g/mol. The van der Waals surface area contributed by atoms with Crippen molar-refractivity contribution in [2.75, 3.05) is 5.01 Å². The lowest BCUT2D eigenvalue weighted by Crippen LogP contribution is -2.21. The molecule has 5 heteroatoms. The first-order valence-corrected chi connectivity index (χ1v) is 7.50. The largest absolute Gasteiger partial charge is 0.508 e. The zero-order chi connectivity index (χ0) is 15.7. The van der Waals surface area contributed by atoms with Crippen molar-refractivity contribution in [3.63, 3.8) is 0 Å². The second kappa shape index (κ2) is 5.77. The monoisotopic (exact) mass is 356 g/mol. The van der Waals surface area contributed by atoms with Gasteiger partial charge in [-0.2, -0.15) is 10.1 Å². The molecule has 2 aromatic carbocycles. The number of phenolic OH excluding ortho intramolecular Hbond substituents is 1. The van der Waals surface area contributed by atoms with Gasteiger partial charge in [0.05, 0.1) is 17.0 Å². The molecular weight excluding hydrogens is 344 g/mol. The van der Waals surface area contributed by atoms with Crippen molar-refractivity contribution in [3.05, 3.63) is 64.1 Å². The summed E-state index contributed by atoms with van der Waals surface area (Å²) in [6.07, 6.45) is 1.78. The number of carbonyl (C=O) groups excluding carboxylic acids is 1. The van der Waals surface area contributed by atoms with Crippen LogP contribution in [0.1, 0.15) is 12.5 Å². The van der Waals surface area contributed by atoms with E-state index in [-0.39, 0.29) is 11.7 Å². The van der Waals surface area contributed by atoms with Crippen LogP contribution < -0.4 is 5.01 Å². The Bertz CT molecular complexity index is 777. The molecule has 0 radical (unpaired) electrons. The summed E-state index contributed by atoms with van der Waals surface area (Å²) in [5.74, 6) is 0.0367. The van der Waals surface area contributed by atoms with Crippen LogP contribution >= 0.6 is 15.9 Å². The Morgan fingerprint density at radius 1 is 1.09 bits per heavy atom. The molecule has 1 N–H and O–H groups in total. The molecule has 0 atom stereocenters. The van der Waals surface area contributed by atoms with Crippen molar-refractivity contribution in [2.45, 2.75) is 6.92 Å². The number of amides is 1. The van der Waals surface area contributed by atoms with Gasteiger partial charge in [-0.3, -0.25) is 4.79 Å². The molecule has 22 heavy (non-hydrogen) atoms. The third-order valence-corrected chi connectivity index (χ3v) is 3.87. The van der Waals surface area contributed by atoms with Gasteiger partial charge in [0.25, 0.3) is 5.91 Å². The summed E-state index contributed by atoms with van der Waals surface area (Å²) in [5.41, 5.74) is 2.78. The molecule has 1 aliphatic rings. The van der Waals surface area contributed by atoms with Gasteiger partial charge < -0.3 is 5.11 Å². The molecule has 0 aliphatic carbocycles. The Kier molecular flexibility index (Phi) is 3.81. The standard InChI is InChI=1S/C17H13BrN2O2/c1-11-16(10-12-2-8-15(21)9-3-12)17(22)20(19-11)14-6-4-13(18)5-7-14/h2-10,21H,1H3/b16-10-. The van der Waals surface area contributed by atoms with Crippen molar-refractivity contribution in [1.29, 1.82) is 0 Å². The molecule has 1 heterocycles. The van der Waals surface area contributed by atoms with E-state index in [9.17, 15) is 9.90 Å². The minimum atomic E-state index is -0.159. The fourth-order valence-electron chi connectivity index (χ4n) is 2.18. The van der Waals surface area contributed by atoms with E-state index in [2.05, 4.69) is 21.0 Å². The van der Waals surface area contributed by atoms with E-state index in [0.717, 1.165) is 15.7 Å². The van der Waals surface area contributed by atoms with Gasteiger partial charge in [-0.05, 0) is 55.0 Å². The molecule has 1 aliphatic heterocycles. The van der Waals surface area contributed by atoms with Crippen LogP contribution in [0.4, 0.5) is 5.69 Å². The fourth-order valence-corrected chi connectivity index (χ4v) is 2.44. The van der Waals surface area contributed by atoms with Crippen LogP contribution in [-0.4, -0.2) is 16.7 Å². The van der Waals surface area contributed by atoms with Crippen molar-refractivity contribution >= 4 is 39.3 Å². The minimum absolute atomic E-state index is 0.159. The third kappa shape index (κ3) is 2.80. The highest BCUT2D eigenvalue weighted by Crippen LogP contribution is 2.26. The van der Waals surface area contributed by atoms with Gasteiger partial charge in [0.15, 0.2) is 0 Å². The highest BCUT2D eigenvalue weighted by Gasteiger charge is 2.28. The molecule has 0 aromatic heterocycles. The molecule has 0 fully saturated rings. The molecule has 0 saturated heterocycles. The molecule has 0 bridgehead atoms. The van der Waals surface area contributed by atoms with E-state index in [1.165, 1.54) is 5.01 Å². The van der Waals surface area contributed by atoms with E-state index >= 15 is 0 Å². The number of anilines is 1. The van der Waals surface area contributed by atoms with E-state index in [0.29, 0.717) is 11.3 Å². The van der Waals surface area contributed by atoms with Crippen LogP contribution in [0.25, 0.3) is 6.08 Å². The van der Waals surface area contributed by atoms with Gasteiger partial charge in [0.1, 0.15) is 5.75 Å². The van der Waals surface area contributed by atoms with Gasteiger partial charge in [0, 0.05) is 4.47 Å². The van der Waals surface area contributed by atoms with Gasteiger partial charge in [-0.1, -0.05) is 28.1 Å². The van der Waals surface area contributed by atoms with Gasteiger partial charge in [-0.25, -0.2) is 0 Å². The van der Waals surface area contributed by atoms with Crippen LogP contribution in [0.2, 0.25) is 0 Å². The van der Waals surface area contributed by atoms with Crippen LogP contribution in [0.5, 0.6) is 5.75 Å². The van der Waals surface area contributed by atoms with Crippen LogP contribution in [0.15, 0.2) is 63.7 Å². The Labute approximate surface area is 136 Å². The molecule has 110 valence electrons. The number of rotatable bonds is 2. The zero-order valence-electron chi connectivity index (χ0n) is 11.8. The second-order valence-electron chi connectivity index (χ2n) is 4.93. The first kappa shape index (κ1) is 14.5. The van der Waals surface area contributed by atoms with E-state index < -0.39 is 0 Å². The molecule has 0 unspecified atom stereocenters. The van der Waals surface area contributed by atoms with E-state index in [4.69, 9.17) is 0 Å². The van der Waals surface area contributed by atoms with Crippen LogP contribution in [-0.2, 0) is 4.79 Å². The predicted molar refractivity (Wildman–Crippen MR) is 90.8 cm³/mol. The highest BCUT2D eigenvalue weighted by atomic mass is 79.9. The molecule has 0 spiro atoms. The molecule has 0 saturated carbocycles. The van der Waals surface area contributed by atoms with Crippen molar-refractivity contribution < 1.29 is 9.90 Å². The summed E-state index contributed by atoms with van der Waals surface area (Å²) in [6, 6.07) is 14.1. The Morgan fingerprint density at radius 2 is 1.73 bits per heavy atom. The number of benzene rings is 2. The number of nitrogens with zero attached hydrogens (tertiary/aromatic N) is 2. The Morgan fingerprint density at radius 3 is 2.36 bits per heavy atom. The minimum Gasteiger partial charge on any atom is -0.508 e. The lowest BCUT2D eigenvalue weighted by molar-refractivity contribution is -0.114. The summed E-state index contributed by atoms with van der Waals surface area (Å²) in [6.45, 7) is 1.81. The number of carbonyl (C=O) groups is 1. The van der Waals surface area contributed by atoms with E-state index in [1.807, 2.05) is 31.2 Å². The average Bonchev–Trinajstić information content (AvgIpc) is 2.78. The smallest absolute Gasteiger partial charge is 0.280 e. The van der Waals surface area contributed by atoms with E-state index in [1.54, 1.807) is 30.3 Å². The SMILES string of the molecule is CC1=NN(c2ccc(Br)cc2)C(=O)/C1=C\c1ccc(O)cc1. The summed E-state index contributed by atoms with van der Waals surface area (Å²) in [5, 5.41) is 15.0. The van der Waals surface area contributed by atoms with Crippen molar-refractivity contribution in [1.82, 2.24) is 0 Å². The fraction of sp³-hybridized carbons (Fsp3) is 0.0588. The van der Waals surface area contributed by atoms with Crippen molar-refractivity contribution in [2.24, 2.45) is 5.10 Å². The Balaban J connectivity index is 1.92. The first-order valence-electron chi connectivity index (χ1n) is 6.71. The van der Waals surface area contributed by atoms with Crippen LogP contribution in [0, 0.1) is 0 Å². The third-order valence-electron chi connectivity index (χ3n) is 3.34. The summed E-state index contributed by atoms with van der Waals surface area (Å²) >= 11 is 3.37. The number of phenols is 1. The number of hydrogen-bond acceptors (Lipinski definition) is 3. The zero-order valence-corrected chi connectivity index (χ0v) is 13.4. The van der Waals surface area contributed by atoms with Gasteiger partial charge in [0.2, 0.25) is 0 Å². The van der Waals surface area contributed by atoms with Gasteiger partial charge in [-0.15, -0.1) is 0 Å². The first-order chi connectivity index (χ1) is 10.5. The topological polar surface area (TPSA) is 52.9 Å². The lowest BCUT2D eigenvalue weighted by atomic mass is 10.1. The second-order valence-corrected chi connectivity index (χ2v) is 5.84. The maximum atomic E-state index is 12.6. The predicted octanol–water partition coefficient (Wildman–Crippen LogP) is 3.96.